The fraction of sp³-hybridized carbons (Fsp3) is 0.412. The lowest BCUT2D eigenvalue weighted by Crippen LogP contribution is -2.54. The van der Waals surface area contributed by atoms with Crippen molar-refractivity contribution >= 4 is 39.1 Å². The molecule has 45 heavy (non-hydrogen) atoms. The van der Waals surface area contributed by atoms with E-state index in [9.17, 15) is 18.0 Å². The van der Waals surface area contributed by atoms with E-state index in [1.807, 2.05) is 19.9 Å². The molecule has 11 heteroatoms. The third-order valence-corrected chi connectivity index (χ3v) is 10.3. The van der Waals surface area contributed by atoms with E-state index in [1.54, 1.807) is 42.5 Å². The number of methoxy groups -OCH3 is 2. The van der Waals surface area contributed by atoms with Crippen molar-refractivity contribution in [2.24, 2.45) is 0 Å². The Hall–Kier alpha value is -3.76. The third kappa shape index (κ3) is 8.29. The molecule has 242 valence electrons. The molecule has 2 amide bonds. The van der Waals surface area contributed by atoms with Gasteiger partial charge in [0.25, 0.3) is 10.0 Å². The van der Waals surface area contributed by atoms with Gasteiger partial charge < -0.3 is 19.7 Å². The van der Waals surface area contributed by atoms with E-state index >= 15 is 0 Å². The Labute approximate surface area is 271 Å². The van der Waals surface area contributed by atoms with Crippen LogP contribution in [0.2, 0.25) is 5.02 Å². The van der Waals surface area contributed by atoms with Crippen LogP contribution in [0.5, 0.6) is 11.5 Å². The highest BCUT2D eigenvalue weighted by Gasteiger charge is 2.35. The number of nitrogens with one attached hydrogen (secondary N) is 1. The van der Waals surface area contributed by atoms with Gasteiger partial charge in [-0.15, -0.1) is 0 Å². The first kappa shape index (κ1) is 34.1. The van der Waals surface area contributed by atoms with Crippen molar-refractivity contribution in [1.82, 2.24) is 10.2 Å². The molecule has 0 heterocycles. The Morgan fingerprint density at radius 1 is 0.956 bits per heavy atom. The zero-order valence-electron chi connectivity index (χ0n) is 26.3. The molecule has 1 aliphatic rings. The van der Waals surface area contributed by atoms with E-state index in [-0.39, 0.29) is 29.1 Å². The minimum Gasteiger partial charge on any atom is -0.493 e. The predicted octanol–water partition coefficient (Wildman–Crippen LogP) is 6.12. The van der Waals surface area contributed by atoms with Crippen LogP contribution in [-0.2, 0) is 26.2 Å². The van der Waals surface area contributed by atoms with Crippen molar-refractivity contribution in [2.45, 2.75) is 75.9 Å². The van der Waals surface area contributed by atoms with Crippen LogP contribution in [0.15, 0.2) is 71.6 Å². The number of aryl methyl sites for hydroxylation is 1. The first-order valence-corrected chi connectivity index (χ1v) is 17.1. The molecule has 0 unspecified atom stereocenters. The molecule has 0 bridgehead atoms. The lowest BCUT2D eigenvalue weighted by Gasteiger charge is -2.34. The topological polar surface area (TPSA) is 105 Å². The summed E-state index contributed by atoms with van der Waals surface area (Å²) in [6.45, 7) is 3.16. The van der Waals surface area contributed by atoms with E-state index in [1.165, 1.54) is 37.3 Å². The number of rotatable bonds is 13. The molecule has 9 nitrogen and oxygen atoms in total. The van der Waals surface area contributed by atoms with Crippen molar-refractivity contribution in [2.75, 3.05) is 25.1 Å². The number of carbonyl (C=O) groups excluding carboxylic acids is 2. The number of ether oxygens (including phenoxy) is 2. The van der Waals surface area contributed by atoms with E-state index in [0.29, 0.717) is 28.5 Å². The van der Waals surface area contributed by atoms with Crippen LogP contribution < -0.4 is 19.1 Å². The Bertz CT molecular complexity index is 1570. The Balaban J connectivity index is 1.76. The molecule has 0 saturated heterocycles. The number of nitrogens with zero attached hydrogens (tertiary/aromatic N) is 2. The number of hydrogen-bond acceptors (Lipinski definition) is 6. The van der Waals surface area contributed by atoms with E-state index in [4.69, 9.17) is 21.1 Å². The Morgan fingerprint density at radius 3 is 2.24 bits per heavy atom. The average molecular weight is 656 g/mol. The number of carbonyl (C=O) groups is 2. The highest BCUT2D eigenvalue weighted by molar-refractivity contribution is 7.92. The van der Waals surface area contributed by atoms with Crippen LogP contribution in [0, 0.1) is 6.92 Å². The van der Waals surface area contributed by atoms with Gasteiger partial charge in [0, 0.05) is 23.7 Å². The molecular formula is C34H42ClN3O6S. The van der Waals surface area contributed by atoms with Crippen LogP contribution >= 0.6 is 11.6 Å². The van der Waals surface area contributed by atoms with Gasteiger partial charge in [0.15, 0.2) is 11.5 Å². The maximum absolute atomic E-state index is 14.4. The molecule has 1 N–H and O–H groups in total. The van der Waals surface area contributed by atoms with Gasteiger partial charge in [-0.3, -0.25) is 13.9 Å². The van der Waals surface area contributed by atoms with Crippen LogP contribution in [0.3, 0.4) is 0 Å². The summed E-state index contributed by atoms with van der Waals surface area (Å²) in [6, 6.07) is 17.4. The molecule has 1 saturated carbocycles. The van der Waals surface area contributed by atoms with Crippen LogP contribution in [0.4, 0.5) is 5.69 Å². The van der Waals surface area contributed by atoms with Crippen molar-refractivity contribution in [1.29, 1.82) is 0 Å². The Morgan fingerprint density at radius 2 is 1.62 bits per heavy atom. The standard InChI is InChI=1S/C34H42ClN3O6S/c1-5-30(34(40)36-26-12-7-6-8-13-26)37(22-25-11-9-10-14-29(25)35)33(39)23-38(27-17-20-31(43-3)32(21-27)44-4)45(41,42)28-18-15-24(2)16-19-28/h9-11,14-21,26,30H,5-8,12-13,22-23H2,1-4H3,(H,36,40)/t30-/m0/s1. The monoisotopic (exact) mass is 655 g/mol. The number of hydrogen-bond donors (Lipinski definition) is 1. The van der Waals surface area contributed by atoms with E-state index in [0.717, 1.165) is 42.0 Å². The van der Waals surface area contributed by atoms with Gasteiger partial charge in [-0.25, -0.2) is 8.42 Å². The summed E-state index contributed by atoms with van der Waals surface area (Å²) in [4.78, 5) is 29.6. The summed E-state index contributed by atoms with van der Waals surface area (Å²) in [5.41, 5.74) is 1.75. The van der Waals surface area contributed by atoms with Crippen LogP contribution in [-0.4, -0.2) is 58.0 Å². The minimum absolute atomic E-state index is 0.0235. The number of amides is 2. The lowest BCUT2D eigenvalue weighted by molar-refractivity contribution is -0.140. The molecule has 1 fully saturated rings. The second-order valence-electron chi connectivity index (χ2n) is 11.2. The Kier molecular flexibility index (Phi) is 11.7. The molecule has 3 aromatic rings. The second-order valence-corrected chi connectivity index (χ2v) is 13.5. The quantitative estimate of drug-likeness (QED) is 0.238. The smallest absolute Gasteiger partial charge is 0.264 e. The summed E-state index contributed by atoms with van der Waals surface area (Å²) >= 11 is 6.51. The summed E-state index contributed by atoms with van der Waals surface area (Å²) in [6.07, 6.45) is 5.34. The number of sulfonamides is 1. The van der Waals surface area contributed by atoms with Crippen LogP contribution in [0.1, 0.15) is 56.6 Å². The van der Waals surface area contributed by atoms with Gasteiger partial charge in [-0.2, -0.15) is 0 Å². The van der Waals surface area contributed by atoms with Gasteiger partial charge in [0.05, 0.1) is 24.8 Å². The maximum Gasteiger partial charge on any atom is 0.264 e. The fourth-order valence-electron chi connectivity index (χ4n) is 5.62. The van der Waals surface area contributed by atoms with Crippen molar-refractivity contribution in [3.63, 3.8) is 0 Å². The average Bonchev–Trinajstić information content (AvgIpc) is 3.04. The molecular weight excluding hydrogens is 614 g/mol. The van der Waals surface area contributed by atoms with E-state index in [2.05, 4.69) is 5.32 Å². The van der Waals surface area contributed by atoms with Crippen molar-refractivity contribution in [3.8, 4) is 11.5 Å². The summed E-state index contributed by atoms with van der Waals surface area (Å²) in [7, 11) is -1.30. The lowest BCUT2D eigenvalue weighted by atomic mass is 9.95. The zero-order valence-corrected chi connectivity index (χ0v) is 27.9. The predicted molar refractivity (Wildman–Crippen MR) is 176 cm³/mol. The number of benzene rings is 3. The maximum atomic E-state index is 14.4. The van der Waals surface area contributed by atoms with Gasteiger partial charge in [-0.05, 0) is 62.1 Å². The number of anilines is 1. The molecule has 3 aromatic carbocycles. The first-order chi connectivity index (χ1) is 21.6. The molecule has 1 aliphatic carbocycles. The number of halogens is 1. The highest BCUT2D eigenvalue weighted by Crippen LogP contribution is 2.34. The second kappa shape index (κ2) is 15.5. The van der Waals surface area contributed by atoms with Crippen molar-refractivity contribution in [3.05, 3.63) is 82.9 Å². The normalized spacial score (nSPS) is 14.3. The minimum atomic E-state index is -4.24. The van der Waals surface area contributed by atoms with Gasteiger partial charge >= 0.3 is 0 Å². The molecule has 1 atom stereocenters. The third-order valence-electron chi connectivity index (χ3n) is 8.18. The molecule has 4 rings (SSSR count). The summed E-state index contributed by atoms with van der Waals surface area (Å²) in [5, 5.41) is 3.60. The molecule has 0 spiro atoms. The van der Waals surface area contributed by atoms with Gasteiger partial charge in [-0.1, -0.05) is 73.7 Å². The largest absolute Gasteiger partial charge is 0.493 e. The molecule has 0 aliphatic heterocycles. The summed E-state index contributed by atoms with van der Waals surface area (Å²) < 4.78 is 40.2. The zero-order chi connectivity index (χ0) is 32.6. The highest BCUT2D eigenvalue weighted by atomic mass is 35.5. The molecule has 0 aromatic heterocycles. The SMILES string of the molecule is CC[C@@H](C(=O)NC1CCCCC1)N(Cc1ccccc1Cl)C(=O)CN(c1ccc(OC)c(OC)c1)S(=O)(=O)c1ccc(C)cc1. The fourth-order valence-corrected chi connectivity index (χ4v) is 7.22. The molecule has 0 radical (unpaired) electrons. The van der Waals surface area contributed by atoms with E-state index < -0.39 is 28.5 Å². The first-order valence-electron chi connectivity index (χ1n) is 15.2. The van der Waals surface area contributed by atoms with Gasteiger partial charge in [0.1, 0.15) is 12.6 Å². The van der Waals surface area contributed by atoms with Crippen molar-refractivity contribution < 1.29 is 27.5 Å². The van der Waals surface area contributed by atoms with Gasteiger partial charge in [0.2, 0.25) is 11.8 Å². The van der Waals surface area contributed by atoms with Crippen LogP contribution in [0.25, 0.3) is 0 Å². The summed E-state index contributed by atoms with van der Waals surface area (Å²) in [5.74, 6) is -0.0984.